The van der Waals surface area contributed by atoms with Crippen LogP contribution in [0.4, 0.5) is 0 Å². The molecule has 90 valence electrons. The summed E-state index contributed by atoms with van der Waals surface area (Å²) in [5.41, 5.74) is 2.28. The summed E-state index contributed by atoms with van der Waals surface area (Å²) in [7, 11) is 0. The van der Waals surface area contributed by atoms with Gasteiger partial charge in [0, 0.05) is 16.2 Å². The molecule has 0 saturated carbocycles. The van der Waals surface area contributed by atoms with Crippen LogP contribution in [0.2, 0.25) is 10.0 Å². The molecule has 0 N–H and O–H groups in total. The van der Waals surface area contributed by atoms with Gasteiger partial charge in [0.15, 0.2) is 0 Å². The van der Waals surface area contributed by atoms with Crippen molar-refractivity contribution >= 4 is 23.2 Å². The standard InChI is InChI=1S/C14H10Cl2N2/c15-12-4-1-5-13(16)11(12)7-6-10-3-2-8-18-14(10)9-17/h1-5,8H,6-7H2. The van der Waals surface area contributed by atoms with E-state index < -0.39 is 0 Å². The maximum atomic E-state index is 8.96. The molecule has 0 bridgehead atoms. The Balaban J connectivity index is 2.20. The molecule has 1 aromatic carbocycles. The van der Waals surface area contributed by atoms with Crippen LogP contribution in [-0.4, -0.2) is 4.98 Å². The SMILES string of the molecule is N#Cc1ncccc1CCc1c(Cl)cccc1Cl. The topological polar surface area (TPSA) is 36.7 Å². The first-order valence-corrected chi connectivity index (χ1v) is 6.25. The van der Waals surface area contributed by atoms with Crippen molar-refractivity contribution in [2.24, 2.45) is 0 Å². The number of benzene rings is 1. The average Bonchev–Trinajstić information content (AvgIpc) is 2.38. The maximum Gasteiger partial charge on any atom is 0.143 e. The number of hydrogen-bond donors (Lipinski definition) is 0. The van der Waals surface area contributed by atoms with Gasteiger partial charge in [0.2, 0.25) is 0 Å². The zero-order valence-corrected chi connectivity index (χ0v) is 11.0. The molecular weight excluding hydrogens is 267 g/mol. The second-order valence-electron chi connectivity index (χ2n) is 3.82. The number of rotatable bonds is 3. The van der Waals surface area contributed by atoms with Crippen molar-refractivity contribution in [1.82, 2.24) is 4.98 Å². The molecule has 0 saturated heterocycles. The Hall–Kier alpha value is -1.56. The summed E-state index contributed by atoms with van der Waals surface area (Å²) in [5.74, 6) is 0. The van der Waals surface area contributed by atoms with Crippen LogP contribution in [0.1, 0.15) is 16.8 Å². The van der Waals surface area contributed by atoms with Crippen molar-refractivity contribution in [3.05, 3.63) is 63.4 Å². The van der Waals surface area contributed by atoms with Gasteiger partial charge in [-0.15, -0.1) is 0 Å². The van der Waals surface area contributed by atoms with Crippen LogP contribution in [0.5, 0.6) is 0 Å². The van der Waals surface area contributed by atoms with Crippen molar-refractivity contribution < 1.29 is 0 Å². The summed E-state index contributed by atoms with van der Waals surface area (Å²) in [6.45, 7) is 0. The third-order valence-corrected chi connectivity index (χ3v) is 3.41. The van der Waals surface area contributed by atoms with Crippen molar-refractivity contribution in [2.75, 3.05) is 0 Å². The molecule has 0 fully saturated rings. The lowest BCUT2D eigenvalue weighted by atomic mass is 10.0. The van der Waals surface area contributed by atoms with E-state index in [1.165, 1.54) is 0 Å². The van der Waals surface area contributed by atoms with Crippen molar-refractivity contribution in [3.63, 3.8) is 0 Å². The van der Waals surface area contributed by atoms with E-state index in [4.69, 9.17) is 28.5 Å². The summed E-state index contributed by atoms with van der Waals surface area (Å²) in [6.07, 6.45) is 3.00. The molecule has 0 atom stereocenters. The minimum Gasteiger partial charge on any atom is -0.245 e. The van der Waals surface area contributed by atoms with E-state index in [-0.39, 0.29) is 0 Å². The number of halogens is 2. The third-order valence-electron chi connectivity index (χ3n) is 2.70. The summed E-state index contributed by atoms with van der Waals surface area (Å²) in [6, 6.07) is 11.3. The molecule has 4 heteroatoms. The van der Waals surface area contributed by atoms with Crippen molar-refractivity contribution in [1.29, 1.82) is 5.26 Å². The Morgan fingerprint density at radius 3 is 2.44 bits per heavy atom. The molecule has 1 aromatic heterocycles. The second kappa shape index (κ2) is 5.86. The largest absolute Gasteiger partial charge is 0.245 e. The number of aryl methyl sites for hydroxylation is 1. The van der Waals surface area contributed by atoms with Crippen LogP contribution in [0.3, 0.4) is 0 Å². The minimum absolute atomic E-state index is 0.459. The predicted octanol–water partition coefficient (Wildman–Crippen LogP) is 4.05. The van der Waals surface area contributed by atoms with Gasteiger partial charge in [-0.25, -0.2) is 4.98 Å². The predicted molar refractivity (Wildman–Crippen MR) is 72.8 cm³/mol. The lowest BCUT2D eigenvalue weighted by Crippen LogP contribution is -1.97. The first kappa shape index (κ1) is 12.9. The summed E-state index contributed by atoms with van der Waals surface area (Å²) < 4.78 is 0. The first-order valence-electron chi connectivity index (χ1n) is 5.49. The molecule has 0 spiro atoms. The summed E-state index contributed by atoms with van der Waals surface area (Å²) in [5, 5.41) is 10.3. The maximum absolute atomic E-state index is 8.96. The molecule has 2 rings (SSSR count). The van der Waals surface area contributed by atoms with E-state index >= 15 is 0 Å². The molecule has 0 unspecified atom stereocenters. The third kappa shape index (κ3) is 2.81. The zero-order chi connectivity index (χ0) is 13.0. The quantitative estimate of drug-likeness (QED) is 0.848. The molecule has 18 heavy (non-hydrogen) atoms. The number of hydrogen-bond acceptors (Lipinski definition) is 2. The molecular formula is C14H10Cl2N2. The number of nitriles is 1. The number of nitrogens with zero attached hydrogens (tertiary/aromatic N) is 2. The van der Waals surface area contributed by atoms with Gasteiger partial charge in [0.05, 0.1) is 0 Å². The van der Waals surface area contributed by atoms with E-state index in [1.807, 2.05) is 30.3 Å². The highest BCUT2D eigenvalue weighted by Crippen LogP contribution is 2.25. The first-order chi connectivity index (χ1) is 8.72. The van der Waals surface area contributed by atoms with E-state index in [9.17, 15) is 0 Å². The van der Waals surface area contributed by atoms with Gasteiger partial charge in [-0.3, -0.25) is 0 Å². The Kier molecular flexibility index (Phi) is 4.19. The van der Waals surface area contributed by atoms with Gasteiger partial charge >= 0.3 is 0 Å². The lowest BCUT2D eigenvalue weighted by Gasteiger charge is -2.07. The van der Waals surface area contributed by atoms with Crippen LogP contribution in [0.15, 0.2) is 36.5 Å². The highest BCUT2D eigenvalue weighted by Gasteiger charge is 2.08. The molecule has 0 aliphatic carbocycles. The minimum atomic E-state index is 0.459. The molecule has 2 aromatic rings. The van der Waals surface area contributed by atoms with Crippen molar-refractivity contribution in [3.8, 4) is 6.07 Å². The van der Waals surface area contributed by atoms with Crippen LogP contribution >= 0.6 is 23.2 Å². The molecule has 0 radical (unpaired) electrons. The van der Waals surface area contributed by atoms with Gasteiger partial charge in [0.1, 0.15) is 11.8 Å². The monoisotopic (exact) mass is 276 g/mol. The van der Waals surface area contributed by atoms with E-state index in [0.717, 1.165) is 11.1 Å². The fraction of sp³-hybridized carbons (Fsp3) is 0.143. The fourth-order valence-electron chi connectivity index (χ4n) is 1.77. The average molecular weight is 277 g/mol. The molecule has 0 amide bonds. The molecule has 1 heterocycles. The molecule has 2 nitrogen and oxygen atoms in total. The van der Waals surface area contributed by atoms with Gasteiger partial charge in [-0.2, -0.15) is 5.26 Å². The Morgan fingerprint density at radius 2 is 1.78 bits per heavy atom. The Labute approximate surface area is 116 Å². The van der Waals surface area contributed by atoms with Crippen LogP contribution in [0, 0.1) is 11.3 Å². The normalized spacial score (nSPS) is 10.1. The number of pyridine rings is 1. The van der Waals surface area contributed by atoms with Crippen LogP contribution in [0.25, 0.3) is 0 Å². The smallest absolute Gasteiger partial charge is 0.143 e. The highest BCUT2D eigenvalue weighted by atomic mass is 35.5. The lowest BCUT2D eigenvalue weighted by molar-refractivity contribution is 0.943. The summed E-state index contributed by atoms with van der Waals surface area (Å²) >= 11 is 12.2. The molecule has 0 aliphatic heterocycles. The summed E-state index contributed by atoms with van der Waals surface area (Å²) in [4.78, 5) is 4.03. The van der Waals surface area contributed by atoms with Crippen molar-refractivity contribution in [2.45, 2.75) is 12.8 Å². The van der Waals surface area contributed by atoms with Gasteiger partial charge in [-0.05, 0) is 42.2 Å². The Bertz CT molecular complexity index is 583. The van der Waals surface area contributed by atoms with E-state index in [1.54, 1.807) is 6.20 Å². The van der Waals surface area contributed by atoms with E-state index in [2.05, 4.69) is 11.1 Å². The zero-order valence-electron chi connectivity index (χ0n) is 9.53. The van der Waals surface area contributed by atoms with Crippen LogP contribution < -0.4 is 0 Å². The van der Waals surface area contributed by atoms with Gasteiger partial charge in [-0.1, -0.05) is 35.3 Å². The number of aromatic nitrogens is 1. The Morgan fingerprint density at radius 1 is 1.06 bits per heavy atom. The van der Waals surface area contributed by atoms with Gasteiger partial charge < -0.3 is 0 Å². The highest BCUT2D eigenvalue weighted by molar-refractivity contribution is 6.35. The fourth-order valence-corrected chi connectivity index (χ4v) is 2.36. The van der Waals surface area contributed by atoms with Gasteiger partial charge in [0.25, 0.3) is 0 Å². The van der Waals surface area contributed by atoms with E-state index in [0.29, 0.717) is 28.6 Å². The van der Waals surface area contributed by atoms with Crippen LogP contribution in [-0.2, 0) is 12.8 Å². The second-order valence-corrected chi connectivity index (χ2v) is 4.64. The molecule has 0 aliphatic rings.